The van der Waals surface area contributed by atoms with Gasteiger partial charge in [-0.25, -0.2) is 0 Å². The van der Waals surface area contributed by atoms with Gasteiger partial charge in [0.1, 0.15) is 0 Å². The van der Waals surface area contributed by atoms with Gasteiger partial charge >= 0.3 is 0 Å². The number of amides is 1. The molecule has 0 saturated heterocycles. The minimum atomic E-state index is 0.0124. The summed E-state index contributed by atoms with van der Waals surface area (Å²) < 4.78 is 0. The average molecular weight is 324 g/mol. The van der Waals surface area contributed by atoms with Crippen molar-refractivity contribution in [2.45, 2.75) is 46.7 Å². The smallest absolute Gasteiger partial charge is 0.251 e. The standard InChI is InChI=1S/C21H28N2O/c1-4-5-13-23-21(24)19-11-9-18(10-12-19)14-22-15-20-8-6-7-16(2)17(20)3/h6-12,22H,4-5,13-15H2,1-3H3,(H,23,24). The van der Waals surface area contributed by atoms with Crippen molar-refractivity contribution in [3.63, 3.8) is 0 Å². The summed E-state index contributed by atoms with van der Waals surface area (Å²) >= 11 is 0. The lowest BCUT2D eigenvalue weighted by Crippen LogP contribution is -2.24. The second kappa shape index (κ2) is 9.24. The Morgan fingerprint density at radius 3 is 2.46 bits per heavy atom. The number of carbonyl (C=O) groups is 1. The fourth-order valence-electron chi connectivity index (χ4n) is 2.60. The summed E-state index contributed by atoms with van der Waals surface area (Å²) in [7, 11) is 0. The van der Waals surface area contributed by atoms with E-state index in [0.29, 0.717) is 0 Å². The van der Waals surface area contributed by atoms with E-state index in [4.69, 9.17) is 0 Å². The molecule has 24 heavy (non-hydrogen) atoms. The van der Waals surface area contributed by atoms with Gasteiger partial charge in [0.15, 0.2) is 0 Å². The predicted octanol–water partition coefficient (Wildman–Crippen LogP) is 4.12. The number of carbonyl (C=O) groups excluding carboxylic acids is 1. The first-order valence-corrected chi connectivity index (χ1v) is 8.74. The molecule has 0 atom stereocenters. The molecule has 0 heterocycles. The number of rotatable bonds is 8. The van der Waals surface area contributed by atoms with Crippen LogP contribution in [-0.4, -0.2) is 12.5 Å². The zero-order valence-electron chi connectivity index (χ0n) is 15.0. The first-order chi connectivity index (χ1) is 11.6. The number of hydrogen-bond acceptors (Lipinski definition) is 2. The summed E-state index contributed by atoms with van der Waals surface area (Å²) in [6.45, 7) is 8.82. The Bertz CT molecular complexity index is 662. The Balaban J connectivity index is 1.83. The van der Waals surface area contributed by atoms with Gasteiger partial charge in [0.2, 0.25) is 0 Å². The largest absolute Gasteiger partial charge is 0.352 e. The SMILES string of the molecule is CCCCNC(=O)c1ccc(CNCc2cccc(C)c2C)cc1. The maximum Gasteiger partial charge on any atom is 0.251 e. The van der Waals surface area contributed by atoms with Gasteiger partial charge in [-0.05, 0) is 54.7 Å². The van der Waals surface area contributed by atoms with Crippen molar-refractivity contribution in [3.8, 4) is 0 Å². The molecule has 1 amide bonds. The van der Waals surface area contributed by atoms with Gasteiger partial charge in [0.05, 0.1) is 0 Å². The van der Waals surface area contributed by atoms with E-state index in [1.54, 1.807) is 0 Å². The zero-order chi connectivity index (χ0) is 17.4. The van der Waals surface area contributed by atoms with Crippen LogP contribution >= 0.6 is 0 Å². The Labute approximate surface area is 145 Å². The van der Waals surface area contributed by atoms with Crippen LogP contribution in [0.25, 0.3) is 0 Å². The maximum absolute atomic E-state index is 12.0. The van der Waals surface area contributed by atoms with Gasteiger partial charge in [-0.2, -0.15) is 0 Å². The van der Waals surface area contributed by atoms with Crippen LogP contribution in [-0.2, 0) is 13.1 Å². The van der Waals surface area contributed by atoms with Crippen LogP contribution in [0.15, 0.2) is 42.5 Å². The summed E-state index contributed by atoms with van der Waals surface area (Å²) in [6, 6.07) is 14.2. The van der Waals surface area contributed by atoms with Gasteiger partial charge in [-0.15, -0.1) is 0 Å². The third-order valence-electron chi connectivity index (χ3n) is 4.39. The highest BCUT2D eigenvalue weighted by Crippen LogP contribution is 2.12. The molecule has 2 aromatic rings. The molecule has 0 aliphatic heterocycles. The molecule has 2 rings (SSSR count). The Kier molecular flexibility index (Phi) is 7.01. The topological polar surface area (TPSA) is 41.1 Å². The van der Waals surface area contributed by atoms with Crippen molar-refractivity contribution in [1.29, 1.82) is 0 Å². The van der Waals surface area contributed by atoms with Crippen LogP contribution < -0.4 is 10.6 Å². The highest BCUT2D eigenvalue weighted by atomic mass is 16.1. The lowest BCUT2D eigenvalue weighted by atomic mass is 10.0. The molecule has 3 heteroatoms. The summed E-state index contributed by atoms with van der Waals surface area (Å²) in [5.74, 6) is 0.0124. The van der Waals surface area contributed by atoms with Crippen molar-refractivity contribution in [3.05, 3.63) is 70.3 Å². The molecule has 0 aliphatic rings. The second-order valence-electron chi connectivity index (χ2n) is 6.27. The number of hydrogen-bond donors (Lipinski definition) is 2. The first-order valence-electron chi connectivity index (χ1n) is 8.74. The predicted molar refractivity (Wildman–Crippen MR) is 100 cm³/mol. The molecular formula is C21H28N2O. The molecule has 0 radical (unpaired) electrons. The molecule has 0 bridgehead atoms. The van der Waals surface area contributed by atoms with Crippen LogP contribution in [0.4, 0.5) is 0 Å². The summed E-state index contributed by atoms with van der Waals surface area (Å²) in [5.41, 5.74) is 5.92. The summed E-state index contributed by atoms with van der Waals surface area (Å²) in [6.07, 6.45) is 2.11. The van der Waals surface area contributed by atoms with Crippen LogP contribution in [0.2, 0.25) is 0 Å². The number of benzene rings is 2. The van der Waals surface area contributed by atoms with E-state index in [0.717, 1.165) is 38.0 Å². The fraction of sp³-hybridized carbons (Fsp3) is 0.381. The van der Waals surface area contributed by atoms with Crippen LogP contribution in [0.5, 0.6) is 0 Å². The molecule has 0 saturated carbocycles. The Hall–Kier alpha value is -2.13. The van der Waals surface area contributed by atoms with Gasteiger partial charge in [0, 0.05) is 25.2 Å². The average Bonchev–Trinajstić information content (AvgIpc) is 2.59. The van der Waals surface area contributed by atoms with Gasteiger partial charge in [-0.3, -0.25) is 4.79 Å². The van der Waals surface area contributed by atoms with E-state index in [-0.39, 0.29) is 5.91 Å². The normalized spacial score (nSPS) is 10.6. The van der Waals surface area contributed by atoms with Crippen molar-refractivity contribution in [1.82, 2.24) is 10.6 Å². The lowest BCUT2D eigenvalue weighted by molar-refractivity contribution is 0.0953. The monoisotopic (exact) mass is 324 g/mol. The Morgan fingerprint density at radius 1 is 1.00 bits per heavy atom. The van der Waals surface area contributed by atoms with Crippen LogP contribution in [0.3, 0.4) is 0 Å². The van der Waals surface area contributed by atoms with E-state index in [1.807, 2.05) is 24.3 Å². The fourth-order valence-corrected chi connectivity index (χ4v) is 2.60. The molecule has 0 spiro atoms. The summed E-state index contributed by atoms with van der Waals surface area (Å²) in [5, 5.41) is 6.42. The van der Waals surface area contributed by atoms with Crippen molar-refractivity contribution < 1.29 is 4.79 Å². The molecule has 0 fully saturated rings. The highest BCUT2D eigenvalue weighted by Gasteiger charge is 2.05. The van der Waals surface area contributed by atoms with Gasteiger partial charge < -0.3 is 10.6 Å². The number of unbranched alkanes of at least 4 members (excludes halogenated alkanes) is 1. The minimum absolute atomic E-state index is 0.0124. The minimum Gasteiger partial charge on any atom is -0.352 e. The third kappa shape index (κ3) is 5.20. The maximum atomic E-state index is 12.0. The zero-order valence-corrected chi connectivity index (χ0v) is 15.0. The van der Waals surface area contributed by atoms with Gasteiger partial charge in [-0.1, -0.05) is 43.7 Å². The molecule has 0 aromatic heterocycles. The highest BCUT2D eigenvalue weighted by molar-refractivity contribution is 5.94. The van der Waals surface area contributed by atoms with E-state index in [9.17, 15) is 4.79 Å². The second-order valence-corrected chi connectivity index (χ2v) is 6.27. The molecular weight excluding hydrogens is 296 g/mol. The van der Waals surface area contributed by atoms with E-state index >= 15 is 0 Å². The molecule has 128 valence electrons. The molecule has 0 aliphatic carbocycles. The summed E-state index contributed by atoms with van der Waals surface area (Å²) in [4.78, 5) is 12.0. The van der Waals surface area contributed by atoms with Crippen molar-refractivity contribution in [2.75, 3.05) is 6.54 Å². The lowest BCUT2D eigenvalue weighted by Gasteiger charge is -2.10. The number of nitrogens with one attached hydrogen (secondary N) is 2. The first kappa shape index (κ1) is 18.2. The van der Waals surface area contributed by atoms with Gasteiger partial charge in [0.25, 0.3) is 5.91 Å². The van der Waals surface area contributed by atoms with Crippen molar-refractivity contribution in [2.24, 2.45) is 0 Å². The van der Waals surface area contributed by atoms with Crippen LogP contribution in [0, 0.1) is 13.8 Å². The third-order valence-corrected chi connectivity index (χ3v) is 4.39. The van der Waals surface area contributed by atoms with Crippen molar-refractivity contribution >= 4 is 5.91 Å². The molecule has 0 unspecified atom stereocenters. The molecule has 3 nitrogen and oxygen atoms in total. The number of aryl methyl sites for hydroxylation is 1. The molecule has 2 aromatic carbocycles. The quantitative estimate of drug-likeness (QED) is 0.717. The van der Waals surface area contributed by atoms with E-state index in [1.165, 1.54) is 22.3 Å². The van der Waals surface area contributed by atoms with E-state index < -0.39 is 0 Å². The van der Waals surface area contributed by atoms with Crippen LogP contribution in [0.1, 0.15) is 52.4 Å². The Morgan fingerprint density at radius 2 is 1.75 bits per heavy atom. The van der Waals surface area contributed by atoms with E-state index in [2.05, 4.69) is 49.6 Å². The molecule has 2 N–H and O–H groups in total.